The fraction of sp³-hybridized carbons (Fsp3) is 0.562. The van der Waals surface area contributed by atoms with E-state index in [-0.39, 0.29) is 6.03 Å². The van der Waals surface area contributed by atoms with Gasteiger partial charge in [-0.25, -0.2) is 4.79 Å². The molecule has 0 spiro atoms. The zero-order valence-electron chi connectivity index (χ0n) is 12.8. The summed E-state index contributed by atoms with van der Waals surface area (Å²) < 4.78 is 5.34. The number of ether oxygens (including phenoxy) is 1. The summed E-state index contributed by atoms with van der Waals surface area (Å²) in [4.78, 5) is 14.0. The molecule has 1 aromatic carbocycles. The summed E-state index contributed by atoms with van der Waals surface area (Å²) in [5.74, 6) is 0. The standard InChI is InChI=1S/C16H24N4O2/c21-16(19-15-5-6-15)18-14-3-1-13(2-4-14)17-7-8-20-9-11-22-12-10-20/h1-4,15,17H,5-12H2,(H2,18,19,21). The molecule has 120 valence electrons. The van der Waals surface area contributed by atoms with Gasteiger partial charge in [0, 0.05) is 43.6 Å². The van der Waals surface area contributed by atoms with Crippen molar-refractivity contribution in [2.45, 2.75) is 18.9 Å². The van der Waals surface area contributed by atoms with E-state index in [9.17, 15) is 4.79 Å². The van der Waals surface area contributed by atoms with Crippen molar-refractivity contribution in [2.75, 3.05) is 50.0 Å². The van der Waals surface area contributed by atoms with Gasteiger partial charge in [-0.3, -0.25) is 4.90 Å². The van der Waals surface area contributed by atoms with Crippen LogP contribution in [0.4, 0.5) is 16.2 Å². The SMILES string of the molecule is O=C(Nc1ccc(NCCN2CCOCC2)cc1)NC1CC1. The van der Waals surface area contributed by atoms with E-state index in [1.165, 1.54) is 0 Å². The van der Waals surface area contributed by atoms with Gasteiger partial charge < -0.3 is 20.7 Å². The Balaban J connectivity index is 1.37. The first-order chi connectivity index (χ1) is 10.8. The van der Waals surface area contributed by atoms with Crippen molar-refractivity contribution >= 4 is 17.4 Å². The molecule has 0 bridgehead atoms. The minimum Gasteiger partial charge on any atom is -0.384 e. The van der Waals surface area contributed by atoms with Crippen LogP contribution in [0.15, 0.2) is 24.3 Å². The molecule has 2 fully saturated rings. The van der Waals surface area contributed by atoms with Gasteiger partial charge in [-0.15, -0.1) is 0 Å². The fourth-order valence-electron chi connectivity index (χ4n) is 2.43. The number of carbonyl (C=O) groups excluding carboxylic acids is 1. The molecule has 0 aromatic heterocycles. The molecule has 1 aromatic rings. The van der Waals surface area contributed by atoms with Crippen molar-refractivity contribution in [2.24, 2.45) is 0 Å². The van der Waals surface area contributed by atoms with Crippen LogP contribution in [0.2, 0.25) is 0 Å². The van der Waals surface area contributed by atoms with Crippen molar-refractivity contribution in [1.82, 2.24) is 10.2 Å². The van der Waals surface area contributed by atoms with Gasteiger partial charge in [0.1, 0.15) is 0 Å². The number of nitrogens with one attached hydrogen (secondary N) is 3. The Morgan fingerprint density at radius 1 is 1.14 bits per heavy atom. The summed E-state index contributed by atoms with van der Waals surface area (Å²) in [6, 6.07) is 8.09. The maximum absolute atomic E-state index is 11.6. The summed E-state index contributed by atoms with van der Waals surface area (Å²) in [7, 11) is 0. The van der Waals surface area contributed by atoms with Crippen molar-refractivity contribution < 1.29 is 9.53 Å². The van der Waals surface area contributed by atoms with Crippen molar-refractivity contribution in [3.63, 3.8) is 0 Å². The third-order valence-corrected chi connectivity index (χ3v) is 3.92. The van der Waals surface area contributed by atoms with Crippen molar-refractivity contribution in [1.29, 1.82) is 0 Å². The molecule has 1 aliphatic heterocycles. The number of benzene rings is 1. The van der Waals surface area contributed by atoms with Gasteiger partial charge in [0.25, 0.3) is 0 Å². The van der Waals surface area contributed by atoms with Crippen LogP contribution >= 0.6 is 0 Å². The molecule has 1 aliphatic carbocycles. The summed E-state index contributed by atoms with van der Waals surface area (Å²) in [6.07, 6.45) is 2.19. The van der Waals surface area contributed by atoms with Gasteiger partial charge >= 0.3 is 6.03 Å². The van der Waals surface area contributed by atoms with Crippen molar-refractivity contribution in [3.8, 4) is 0 Å². The summed E-state index contributed by atoms with van der Waals surface area (Å²) >= 11 is 0. The number of rotatable bonds is 6. The Bertz CT molecular complexity index is 481. The Morgan fingerprint density at radius 3 is 2.50 bits per heavy atom. The van der Waals surface area contributed by atoms with Gasteiger partial charge in [0.05, 0.1) is 13.2 Å². The molecule has 22 heavy (non-hydrogen) atoms. The number of morpholine rings is 1. The highest BCUT2D eigenvalue weighted by molar-refractivity contribution is 5.89. The maximum Gasteiger partial charge on any atom is 0.319 e. The maximum atomic E-state index is 11.6. The van der Waals surface area contributed by atoms with E-state index < -0.39 is 0 Å². The largest absolute Gasteiger partial charge is 0.384 e. The number of anilines is 2. The molecule has 2 aliphatic rings. The first-order valence-electron chi connectivity index (χ1n) is 8.01. The van der Waals surface area contributed by atoms with E-state index in [0.29, 0.717) is 6.04 Å². The van der Waals surface area contributed by atoms with Crippen LogP contribution in [-0.4, -0.2) is 56.4 Å². The molecule has 1 heterocycles. The molecular formula is C16H24N4O2. The number of amides is 2. The van der Waals surface area contributed by atoms with E-state index in [0.717, 1.165) is 63.6 Å². The molecule has 1 saturated heterocycles. The van der Waals surface area contributed by atoms with Crippen LogP contribution in [0.5, 0.6) is 0 Å². The quantitative estimate of drug-likeness (QED) is 0.748. The number of hydrogen-bond donors (Lipinski definition) is 3. The number of nitrogens with zero attached hydrogens (tertiary/aromatic N) is 1. The van der Waals surface area contributed by atoms with Crippen LogP contribution in [0, 0.1) is 0 Å². The van der Waals surface area contributed by atoms with Gasteiger partial charge in [-0.1, -0.05) is 0 Å². The Kier molecular flexibility index (Phi) is 5.13. The third kappa shape index (κ3) is 4.89. The second-order valence-electron chi connectivity index (χ2n) is 5.83. The lowest BCUT2D eigenvalue weighted by molar-refractivity contribution is 0.0398. The fourth-order valence-corrected chi connectivity index (χ4v) is 2.43. The normalized spacial score (nSPS) is 18.7. The van der Waals surface area contributed by atoms with Gasteiger partial charge in [0.2, 0.25) is 0 Å². The highest BCUT2D eigenvalue weighted by Gasteiger charge is 2.23. The van der Waals surface area contributed by atoms with E-state index in [1.807, 2.05) is 24.3 Å². The predicted molar refractivity (Wildman–Crippen MR) is 87.4 cm³/mol. The first-order valence-corrected chi connectivity index (χ1v) is 8.01. The molecule has 0 radical (unpaired) electrons. The molecule has 6 nitrogen and oxygen atoms in total. The topological polar surface area (TPSA) is 65.6 Å². The highest BCUT2D eigenvalue weighted by Crippen LogP contribution is 2.19. The Hall–Kier alpha value is -1.79. The van der Waals surface area contributed by atoms with E-state index in [4.69, 9.17) is 4.74 Å². The van der Waals surface area contributed by atoms with Crippen molar-refractivity contribution in [3.05, 3.63) is 24.3 Å². The summed E-state index contributed by atoms with van der Waals surface area (Å²) in [6.45, 7) is 5.63. The van der Waals surface area contributed by atoms with Gasteiger partial charge in [0.15, 0.2) is 0 Å². The van der Waals surface area contributed by atoms with Crippen LogP contribution in [-0.2, 0) is 4.74 Å². The van der Waals surface area contributed by atoms with E-state index in [1.54, 1.807) is 0 Å². The molecule has 3 rings (SSSR count). The van der Waals surface area contributed by atoms with Crippen LogP contribution < -0.4 is 16.0 Å². The van der Waals surface area contributed by atoms with Crippen LogP contribution in [0.3, 0.4) is 0 Å². The lowest BCUT2D eigenvalue weighted by Gasteiger charge is -2.26. The minimum absolute atomic E-state index is 0.115. The van der Waals surface area contributed by atoms with Crippen LogP contribution in [0.25, 0.3) is 0 Å². The second kappa shape index (κ2) is 7.47. The van der Waals surface area contributed by atoms with E-state index in [2.05, 4.69) is 20.9 Å². The van der Waals surface area contributed by atoms with Gasteiger partial charge in [-0.2, -0.15) is 0 Å². The second-order valence-corrected chi connectivity index (χ2v) is 5.83. The monoisotopic (exact) mass is 304 g/mol. The molecule has 1 saturated carbocycles. The molecule has 3 N–H and O–H groups in total. The molecule has 6 heteroatoms. The zero-order chi connectivity index (χ0) is 15.2. The molecular weight excluding hydrogens is 280 g/mol. The number of hydrogen-bond acceptors (Lipinski definition) is 4. The van der Waals surface area contributed by atoms with E-state index >= 15 is 0 Å². The lowest BCUT2D eigenvalue weighted by atomic mass is 10.3. The average molecular weight is 304 g/mol. The zero-order valence-corrected chi connectivity index (χ0v) is 12.8. The van der Waals surface area contributed by atoms with Crippen LogP contribution in [0.1, 0.15) is 12.8 Å². The lowest BCUT2D eigenvalue weighted by Crippen LogP contribution is -2.39. The average Bonchev–Trinajstić information content (AvgIpc) is 3.34. The molecule has 0 atom stereocenters. The molecule has 0 unspecified atom stereocenters. The minimum atomic E-state index is -0.115. The Labute approximate surface area is 131 Å². The third-order valence-electron chi connectivity index (χ3n) is 3.92. The smallest absolute Gasteiger partial charge is 0.319 e. The number of carbonyl (C=O) groups is 1. The van der Waals surface area contributed by atoms with Gasteiger partial charge in [-0.05, 0) is 37.1 Å². The summed E-state index contributed by atoms with van der Waals surface area (Å²) in [5.41, 5.74) is 1.89. The Morgan fingerprint density at radius 2 is 1.82 bits per heavy atom. The number of urea groups is 1. The highest BCUT2D eigenvalue weighted by atomic mass is 16.5. The predicted octanol–water partition coefficient (Wildman–Crippen LogP) is 1.71. The first kappa shape index (κ1) is 15.1. The molecule has 2 amide bonds. The summed E-state index contributed by atoms with van der Waals surface area (Å²) in [5, 5.41) is 9.16.